The fraction of sp³-hybridized carbons (Fsp3) is 0.440. The zero-order valence-electron chi connectivity index (χ0n) is 17.8. The van der Waals surface area contributed by atoms with E-state index in [0.29, 0.717) is 12.1 Å². The van der Waals surface area contributed by atoms with E-state index in [2.05, 4.69) is 6.92 Å². The van der Waals surface area contributed by atoms with Crippen LogP contribution in [0.2, 0.25) is 0 Å². The summed E-state index contributed by atoms with van der Waals surface area (Å²) in [5.74, 6) is 0.971. The number of ether oxygens (including phenoxy) is 1. The van der Waals surface area contributed by atoms with Gasteiger partial charge in [-0.05, 0) is 36.5 Å². The molecule has 0 N–H and O–H groups in total. The lowest BCUT2D eigenvalue weighted by Gasteiger charge is -2.23. The molecule has 4 nitrogen and oxygen atoms in total. The maximum absolute atomic E-state index is 14.6. The van der Waals surface area contributed by atoms with Crippen molar-refractivity contribution < 1.29 is 13.9 Å². The van der Waals surface area contributed by atoms with Gasteiger partial charge < -0.3 is 4.74 Å². The summed E-state index contributed by atoms with van der Waals surface area (Å²) in [4.78, 5) is 20.1. The van der Waals surface area contributed by atoms with Crippen molar-refractivity contribution in [2.75, 3.05) is 7.11 Å². The summed E-state index contributed by atoms with van der Waals surface area (Å²) in [5.41, 5.74) is 1.81. The number of benzene rings is 2. The molecule has 0 atom stereocenters. The minimum atomic E-state index is -0.507. The van der Waals surface area contributed by atoms with Crippen molar-refractivity contribution in [3.05, 3.63) is 53.8 Å². The van der Waals surface area contributed by atoms with E-state index >= 15 is 0 Å². The van der Waals surface area contributed by atoms with Crippen LogP contribution < -0.4 is 4.74 Å². The third kappa shape index (κ3) is 3.73. The topological polar surface area (TPSA) is 41.9 Å². The SMILES string of the molecule is CCCCC1=NC2(CCCC2)C(=O)N1Cc1ccc(-c2cccc(OC)c2F)cc1. The molecule has 0 saturated heterocycles. The molecule has 1 fully saturated rings. The highest BCUT2D eigenvalue weighted by Gasteiger charge is 2.49. The number of rotatable bonds is 7. The molecule has 30 heavy (non-hydrogen) atoms. The normalized spacial score (nSPS) is 17.6. The van der Waals surface area contributed by atoms with Gasteiger partial charge in [-0.25, -0.2) is 4.39 Å². The number of aliphatic imine (C=N–C) groups is 1. The number of nitrogens with zero attached hydrogens (tertiary/aromatic N) is 2. The third-order valence-electron chi connectivity index (χ3n) is 6.27. The number of halogens is 1. The molecule has 5 heteroatoms. The molecule has 1 amide bonds. The molecule has 1 aliphatic carbocycles. The van der Waals surface area contributed by atoms with Gasteiger partial charge in [0.05, 0.1) is 13.7 Å². The van der Waals surface area contributed by atoms with Crippen LogP contribution in [0.5, 0.6) is 5.75 Å². The Balaban J connectivity index is 1.55. The highest BCUT2D eigenvalue weighted by Crippen LogP contribution is 2.40. The Morgan fingerprint density at radius 2 is 1.87 bits per heavy atom. The van der Waals surface area contributed by atoms with Gasteiger partial charge in [-0.2, -0.15) is 0 Å². The van der Waals surface area contributed by atoms with Crippen LogP contribution in [-0.2, 0) is 11.3 Å². The molecule has 0 unspecified atom stereocenters. The molecule has 2 aromatic rings. The Morgan fingerprint density at radius 1 is 1.13 bits per heavy atom. The number of hydrogen-bond acceptors (Lipinski definition) is 3. The summed E-state index contributed by atoms with van der Waals surface area (Å²) >= 11 is 0. The highest BCUT2D eigenvalue weighted by atomic mass is 19.1. The fourth-order valence-corrected chi connectivity index (χ4v) is 4.56. The summed E-state index contributed by atoms with van der Waals surface area (Å²) in [6.45, 7) is 2.67. The number of amidine groups is 1. The van der Waals surface area contributed by atoms with Crippen molar-refractivity contribution in [1.29, 1.82) is 0 Å². The van der Waals surface area contributed by atoms with Gasteiger partial charge in [0.25, 0.3) is 5.91 Å². The van der Waals surface area contributed by atoms with Crippen molar-refractivity contribution >= 4 is 11.7 Å². The van der Waals surface area contributed by atoms with Crippen LogP contribution >= 0.6 is 0 Å². The molecule has 158 valence electrons. The van der Waals surface area contributed by atoms with E-state index in [-0.39, 0.29) is 17.5 Å². The second-order valence-electron chi connectivity index (χ2n) is 8.28. The molecule has 0 radical (unpaired) electrons. The number of carbonyl (C=O) groups excluding carboxylic acids is 1. The van der Waals surface area contributed by atoms with Crippen molar-refractivity contribution in [3.63, 3.8) is 0 Å². The molecule has 1 spiro atoms. The molecule has 0 aromatic heterocycles. The van der Waals surface area contributed by atoms with Crippen LogP contribution in [0, 0.1) is 5.82 Å². The van der Waals surface area contributed by atoms with Crippen molar-refractivity contribution in [2.45, 2.75) is 64.0 Å². The first-order valence-corrected chi connectivity index (χ1v) is 10.9. The molecular weight excluding hydrogens is 379 g/mol. The molecule has 1 aliphatic heterocycles. The number of unbranched alkanes of at least 4 members (excludes halogenated alkanes) is 1. The zero-order chi connectivity index (χ0) is 21.1. The van der Waals surface area contributed by atoms with Gasteiger partial charge in [-0.15, -0.1) is 0 Å². The van der Waals surface area contributed by atoms with E-state index in [0.717, 1.165) is 61.9 Å². The van der Waals surface area contributed by atoms with Crippen molar-refractivity contribution in [2.24, 2.45) is 4.99 Å². The number of hydrogen-bond donors (Lipinski definition) is 0. The van der Waals surface area contributed by atoms with Crippen LogP contribution in [0.1, 0.15) is 57.4 Å². The maximum Gasteiger partial charge on any atom is 0.256 e. The van der Waals surface area contributed by atoms with Gasteiger partial charge in [0.1, 0.15) is 11.4 Å². The first-order chi connectivity index (χ1) is 14.6. The summed E-state index contributed by atoms with van der Waals surface area (Å²) < 4.78 is 19.7. The Bertz CT molecular complexity index is 946. The molecule has 4 rings (SSSR count). The zero-order valence-corrected chi connectivity index (χ0v) is 17.8. The first-order valence-electron chi connectivity index (χ1n) is 10.9. The van der Waals surface area contributed by atoms with Crippen LogP contribution in [0.15, 0.2) is 47.5 Å². The molecule has 2 aromatic carbocycles. The lowest BCUT2D eigenvalue weighted by Crippen LogP contribution is -2.40. The molecule has 1 saturated carbocycles. The van der Waals surface area contributed by atoms with Gasteiger partial charge in [-0.1, -0.05) is 62.6 Å². The van der Waals surface area contributed by atoms with Crippen LogP contribution in [0.3, 0.4) is 0 Å². The maximum atomic E-state index is 14.6. The molecule has 0 bridgehead atoms. The van der Waals surface area contributed by atoms with Gasteiger partial charge in [0, 0.05) is 12.0 Å². The standard InChI is InChI=1S/C25H29FN2O2/c1-3-4-10-22-27-25(15-5-6-16-25)24(29)28(22)17-18-11-13-19(14-12-18)20-8-7-9-21(30-2)23(20)26/h7-9,11-14H,3-6,10,15-17H2,1-2H3. The predicted molar refractivity (Wildman–Crippen MR) is 117 cm³/mol. The average molecular weight is 409 g/mol. The van der Waals surface area contributed by atoms with Crippen molar-refractivity contribution in [1.82, 2.24) is 4.90 Å². The largest absolute Gasteiger partial charge is 0.494 e. The second kappa shape index (κ2) is 8.58. The lowest BCUT2D eigenvalue weighted by molar-refractivity contribution is -0.131. The highest BCUT2D eigenvalue weighted by molar-refractivity contribution is 6.08. The van der Waals surface area contributed by atoms with Crippen LogP contribution in [0.4, 0.5) is 4.39 Å². The first kappa shape index (κ1) is 20.6. The summed E-state index contributed by atoms with van der Waals surface area (Å²) in [6, 6.07) is 12.9. The molecular formula is C25H29FN2O2. The smallest absolute Gasteiger partial charge is 0.256 e. The summed E-state index contributed by atoms with van der Waals surface area (Å²) in [5, 5.41) is 0. The lowest BCUT2D eigenvalue weighted by atomic mass is 9.98. The summed E-state index contributed by atoms with van der Waals surface area (Å²) in [6.07, 6.45) is 6.84. The predicted octanol–water partition coefficient (Wildman–Crippen LogP) is 5.75. The second-order valence-corrected chi connectivity index (χ2v) is 8.28. The molecule has 1 heterocycles. The summed E-state index contributed by atoms with van der Waals surface area (Å²) in [7, 11) is 1.47. The van der Waals surface area contributed by atoms with Gasteiger partial charge >= 0.3 is 0 Å². The van der Waals surface area contributed by atoms with Crippen molar-refractivity contribution in [3.8, 4) is 16.9 Å². The Kier molecular flexibility index (Phi) is 5.89. The van der Waals surface area contributed by atoms with E-state index in [1.54, 1.807) is 18.2 Å². The quantitative estimate of drug-likeness (QED) is 0.586. The van der Waals surface area contributed by atoms with Gasteiger partial charge in [-0.3, -0.25) is 14.7 Å². The Morgan fingerprint density at radius 3 is 2.53 bits per heavy atom. The third-order valence-corrected chi connectivity index (χ3v) is 6.27. The van der Waals surface area contributed by atoms with Crippen LogP contribution in [-0.4, -0.2) is 29.3 Å². The monoisotopic (exact) mass is 408 g/mol. The van der Waals surface area contributed by atoms with E-state index in [9.17, 15) is 9.18 Å². The number of carbonyl (C=O) groups is 1. The minimum Gasteiger partial charge on any atom is -0.494 e. The van der Waals surface area contributed by atoms with Gasteiger partial charge in [0.2, 0.25) is 0 Å². The fourth-order valence-electron chi connectivity index (χ4n) is 4.56. The van der Waals surface area contributed by atoms with E-state index in [1.807, 2.05) is 29.2 Å². The Hall–Kier alpha value is -2.69. The van der Waals surface area contributed by atoms with Gasteiger partial charge in [0.15, 0.2) is 11.6 Å². The number of methoxy groups -OCH3 is 1. The Labute approximate surface area is 177 Å². The minimum absolute atomic E-state index is 0.161. The molecule has 2 aliphatic rings. The van der Waals surface area contributed by atoms with Crippen LogP contribution in [0.25, 0.3) is 11.1 Å². The van der Waals surface area contributed by atoms with E-state index in [1.165, 1.54) is 7.11 Å². The van der Waals surface area contributed by atoms with E-state index < -0.39 is 5.54 Å². The van der Waals surface area contributed by atoms with E-state index in [4.69, 9.17) is 9.73 Å². The average Bonchev–Trinajstić information content (AvgIpc) is 3.34. The number of amides is 1.